The number of hydrogen-bond acceptors (Lipinski definition) is 4. The van der Waals surface area contributed by atoms with Gasteiger partial charge in [0.05, 0.1) is 6.61 Å². The van der Waals surface area contributed by atoms with Crippen LogP contribution in [0.3, 0.4) is 0 Å². The summed E-state index contributed by atoms with van der Waals surface area (Å²) in [4.78, 5) is 32.1. The summed E-state index contributed by atoms with van der Waals surface area (Å²) < 4.78 is 19.8. The number of piperidine rings is 1. The zero-order valence-electron chi connectivity index (χ0n) is 20.4. The van der Waals surface area contributed by atoms with E-state index in [-0.39, 0.29) is 17.2 Å². The summed E-state index contributed by atoms with van der Waals surface area (Å²) >= 11 is 6.16. The molecule has 2 aliphatic rings. The molecule has 6 nitrogen and oxygen atoms in total. The lowest BCUT2D eigenvalue weighted by atomic mass is 9.75. The number of ether oxygens (including phenoxy) is 1. The fraction of sp³-hybridized carbons (Fsp3) is 0.481. The van der Waals surface area contributed by atoms with Crippen LogP contribution in [-0.4, -0.2) is 79.4 Å². The molecule has 0 aromatic heterocycles. The molecule has 0 aliphatic carbocycles. The van der Waals surface area contributed by atoms with E-state index in [1.54, 1.807) is 17.0 Å². The minimum atomic E-state index is -0.424. The molecule has 0 spiro atoms. The Bertz CT molecular complexity index is 1060. The van der Waals surface area contributed by atoms with Gasteiger partial charge >= 0.3 is 0 Å². The highest BCUT2D eigenvalue weighted by molar-refractivity contribution is 6.31. The first kappa shape index (κ1) is 25.5. The largest absolute Gasteiger partial charge is 0.493 e. The molecular formula is C27H33ClFN3O3. The zero-order chi connectivity index (χ0) is 25.0. The van der Waals surface area contributed by atoms with Crippen LogP contribution in [0.15, 0.2) is 42.5 Å². The molecule has 2 fully saturated rings. The molecule has 2 saturated heterocycles. The maximum absolute atomic E-state index is 13.6. The molecule has 188 valence electrons. The smallest absolute Gasteiger partial charge is 0.253 e. The Morgan fingerprint density at radius 1 is 1.00 bits per heavy atom. The lowest BCUT2D eigenvalue weighted by molar-refractivity contribution is -0.136. The molecule has 8 heteroatoms. The van der Waals surface area contributed by atoms with E-state index in [1.807, 2.05) is 30.0 Å². The molecule has 0 atom stereocenters. The number of benzene rings is 2. The first-order valence-corrected chi connectivity index (χ1v) is 12.5. The number of amides is 2. The Morgan fingerprint density at radius 2 is 1.71 bits per heavy atom. The molecule has 2 aromatic rings. The van der Waals surface area contributed by atoms with Crippen LogP contribution in [0.25, 0.3) is 0 Å². The highest BCUT2D eigenvalue weighted by Crippen LogP contribution is 2.37. The molecular weight excluding hydrogens is 469 g/mol. The van der Waals surface area contributed by atoms with Gasteiger partial charge in [0.2, 0.25) is 5.91 Å². The summed E-state index contributed by atoms with van der Waals surface area (Å²) in [6.45, 7) is 6.50. The van der Waals surface area contributed by atoms with Crippen molar-refractivity contribution in [2.45, 2.75) is 26.2 Å². The standard InChI is InChI=1S/C27H33ClFN3O3/c1-20-16-23(6-7-24(20)28)35-19-27(18-25(33)31-14-12-30(2)13-15-31)8-10-32(11-9-27)26(34)21-4-3-5-22(29)17-21/h3-7,16-17H,8-15,18-19H2,1-2H3. The second-order valence-electron chi connectivity index (χ2n) is 9.86. The summed E-state index contributed by atoms with van der Waals surface area (Å²) in [6.07, 6.45) is 1.66. The van der Waals surface area contributed by atoms with Gasteiger partial charge in [-0.1, -0.05) is 17.7 Å². The van der Waals surface area contributed by atoms with Crippen LogP contribution in [-0.2, 0) is 4.79 Å². The van der Waals surface area contributed by atoms with E-state index < -0.39 is 5.82 Å². The van der Waals surface area contributed by atoms with Crippen molar-refractivity contribution in [2.75, 3.05) is 52.9 Å². The normalized spacial score (nSPS) is 18.4. The van der Waals surface area contributed by atoms with E-state index in [9.17, 15) is 14.0 Å². The fourth-order valence-electron chi connectivity index (χ4n) is 4.79. The van der Waals surface area contributed by atoms with E-state index >= 15 is 0 Å². The van der Waals surface area contributed by atoms with Gasteiger partial charge in [-0.3, -0.25) is 9.59 Å². The summed E-state index contributed by atoms with van der Waals surface area (Å²) in [5.74, 6) is 0.250. The molecule has 0 bridgehead atoms. The fourth-order valence-corrected chi connectivity index (χ4v) is 4.91. The van der Waals surface area contributed by atoms with Crippen molar-refractivity contribution < 1.29 is 18.7 Å². The molecule has 0 N–H and O–H groups in total. The minimum Gasteiger partial charge on any atom is -0.493 e. The molecule has 2 amide bonds. The average molecular weight is 502 g/mol. The van der Waals surface area contributed by atoms with Crippen molar-refractivity contribution in [1.82, 2.24) is 14.7 Å². The third-order valence-corrected chi connectivity index (χ3v) is 7.66. The second kappa shape index (κ2) is 11.0. The van der Waals surface area contributed by atoms with Crippen molar-refractivity contribution in [2.24, 2.45) is 5.41 Å². The van der Waals surface area contributed by atoms with Gasteiger partial charge in [0, 0.05) is 61.7 Å². The molecule has 35 heavy (non-hydrogen) atoms. The van der Waals surface area contributed by atoms with Crippen LogP contribution in [0.5, 0.6) is 5.75 Å². The summed E-state index contributed by atoms with van der Waals surface area (Å²) in [5.41, 5.74) is 0.897. The van der Waals surface area contributed by atoms with Gasteiger partial charge < -0.3 is 19.4 Å². The molecule has 0 unspecified atom stereocenters. The highest BCUT2D eigenvalue weighted by atomic mass is 35.5. The van der Waals surface area contributed by atoms with Gasteiger partial charge in [0.1, 0.15) is 11.6 Å². The Hall–Kier alpha value is -2.64. The van der Waals surface area contributed by atoms with Crippen molar-refractivity contribution in [3.63, 3.8) is 0 Å². The summed E-state index contributed by atoms with van der Waals surface area (Å²) in [6, 6.07) is 11.3. The van der Waals surface area contributed by atoms with Crippen LogP contribution in [0, 0.1) is 18.2 Å². The molecule has 2 heterocycles. The number of rotatable bonds is 6. The van der Waals surface area contributed by atoms with Gasteiger partial charge in [-0.15, -0.1) is 0 Å². The van der Waals surface area contributed by atoms with Gasteiger partial charge in [-0.05, 0) is 68.8 Å². The number of carbonyl (C=O) groups excluding carboxylic acids is 2. The average Bonchev–Trinajstić information content (AvgIpc) is 2.85. The SMILES string of the molecule is Cc1cc(OCC2(CC(=O)N3CCN(C)CC3)CCN(C(=O)c3cccc(F)c3)CC2)ccc1Cl. The lowest BCUT2D eigenvalue weighted by Gasteiger charge is -2.42. The quantitative estimate of drug-likeness (QED) is 0.593. The number of halogens is 2. The lowest BCUT2D eigenvalue weighted by Crippen LogP contribution is -2.51. The number of hydrogen-bond donors (Lipinski definition) is 0. The maximum atomic E-state index is 13.6. The predicted octanol–water partition coefficient (Wildman–Crippen LogP) is 4.25. The third kappa shape index (κ3) is 6.33. The molecule has 2 aromatic carbocycles. The maximum Gasteiger partial charge on any atom is 0.253 e. The predicted molar refractivity (Wildman–Crippen MR) is 134 cm³/mol. The summed E-state index contributed by atoms with van der Waals surface area (Å²) in [7, 11) is 2.07. The molecule has 4 rings (SSSR count). The topological polar surface area (TPSA) is 53.1 Å². The van der Waals surface area contributed by atoms with Gasteiger partial charge in [0.25, 0.3) is 5.91 Å². The van der Waals surface area contributed by atoms with E-state index in [2.05, 4.69) is 11.9 Å². The van der Waals surface area contributed by atoms with E-state index in [0.29, 0.717) is 49.5 Å². The number of likely N-dealkylation sites (tertiary alicyclic amines) is 1. The monoisotopic (exact) mass is 501 g/mol. The first-order chi connectivity index (χ1) is 16.7. The number of piperazine rings is 1. The molecule has 0 saturated carbocycles. The number of aryl methyl sites for hydroxylation is 1. The number of carbonyl (C=O) groups is 2. The number of likely N-dealkylation sites (N-methyl/N-ethyl adjacent to an activating group) is 1. The van der Waals surface area contributed by atoms with E-state index in [1.165, 1.54) is 12.1 Å². The van der Waals surface area contributed by atoms with Crippen LogP contribution >= 0.6 is 11.6 Å². The Labute approximate surface area is 211 Å². The van der Waals surface area contributed by atoms with Crippen molar-refractivity contribution >= 4 is 23.4 Å². The van der Waals surface area contributed by atoms with Crippen LogP contribution < -0.4 is 4.74 Å². The van der Waals surface area contributed by atoms with Crippen LogP contribution in [0.1, 0.15) is 35.2 Å². The van der Waals surface area contributed by atoms with Crippen molar-refractivity contribution in [1.29, 1.82) is 0 Å². The van der Waals surface area contributed by atoms with Crippen molar-refractivity contribution in [3.8, 4) is 5.75 Å². The van der Waals surface area contributed by atoms with Gasteiger partial charge in [-0.2, -0.15) is 0 Å². The highest BCUT2D eigenvalue weighted by Gasteiger charge is 2.40. The second-order valence-corrected chi connectivity index (χ2v) is 10.3. The minimum absolute atomic E-state index is 0.138. The van der Waals surface area contributed by atoms with Crippen molar-refractivity contribution in [3.05, 3.63) is 64.4 Å². The van der Waals surface area contributed by atoms with Crippen LogP contribution in [0.2, 0.25) is 5.02 Å². The van der Waals surface area contributed by atoms with Crippen LogP contribution in [0.4, 0.5) is 4.39 Å². The summed E-state index contributed by atoms with van der Waals surface area (Å²) in [5, 5.41) is 0.682. The molecule has 0 radical (unpaired) electrons. The Balaban J connectivity index is 1.46. The van der Waals surface area contributed by atoms with Gasteiger partial charge in [0.15, 0.2) is 0 Å². The first-order valence-electron chi connectivity index (χ1n) is 12.1. The molecule has 2 aliphatic heterocycles. The Kier molecular flexibility index (Phi) is 7.97. The van der Waals surface area contributed by atoms with E-state index in [0.717, 1.165) is 37.5 Å². The van der Waals surface area contributed by atoms with E-state index in [4.69, 9.17) is 16.3 Å². The third-order valence-electron chi connectivity index (χ3n) is 7.24. The van der Waals surface area contributed by atoms with Gasteiger partial charge in [-0.25, -0.2) is 4.39 Å². The number of nitrogens with zero attached hydrogens (tertiary/aromatic N) is 3. The zero-order valence-corrected chi connectivity index (χ0v) is 21.2. The Morgan fingerprint density at radius 3 is 2.37 bits per heavy atom.